The molecule has 0 saturated carbocycles. The van der Waals surface area contributed by atoms with Gasteiger partial charge in [0.05, 0.1) is 10.2 Å². The van der Waals surface area contributed by atoms with E-state index in [0.29, 0.717) is 37.2 Å². The number of hydrogen-bond donors (Lipinski definition) is 2. The minimum Gasteiger partial charge on any atom is -0.343 e. The van der Waals surface area contributed by atoms with Gasteiger partial charge in [-0.15, -0.1) is 0 Å². The van der Waals surface area contributed by atoms with Crippen LogP contribution in [0.5, 0.6) is 0 Å². The molecule has 0 aliphatic carbocycles. The maximum atomic E-state index is 13.7. The zero-order valence-electron chi connectivity index (χ0n) is 26.2. The first-order chi connectivity index (χ1) is 21.2. The lowest BCUT2D eigenvalue weighted by Crippen LogP contribution is -2.48. The monoisotopic (exact) mass is 611 g/mol. The molecule has 4 aromatic rings. The lowest BCUT2D eigenvalue weighted by Gasteiger charge is -2.34. The Hall–Kier alpha value is -3.75. The van der Waals surface area contributed by atoms with E-state index in [-0.39, 0.29) is 23.3 Å². The van der Waals surface area contributed by atoms with E-state index >= 15 is 0 Å². The van der Waals surface area contributed by atoms with Crippen LogP contribution in [0.15, 0.2) is 84.9 Å². The zero-order valence-corrected chi connectivity index (χ0v) is 27.0. The number of carbonyl (C=O) groups is 2. The number of nitrogens with zero attached hydrogens (tertiary/aromatic N) is 3. The predicted octanol–water partition coefficient (Wildman–Crippen LogP) is 7.37. The van der Waals surface area contributed by atoms with Gasteiger partial charge in [-0.25, -0.2) is 9.78 Å². The molecule has 1 aliphatic heterocycles. The molecule has 3 aromatic carbocycles. The van der Waals surface area contributed by atoms with E-state index in [1.54, 1.807) is 0 Å². The van der Waals surface area contributed by atoms with E-state index in [4.69, 9.17) is 0 Å². The molecule has 0 spiro atoms. The molecule has 1 saturated heterocycles. The normalized spacial score (nSPS) is 14.2. The van der Waals surface area contributed by atoms with E-state index in [2.05, 4.69) is 84.9 Å². The van der Waals surface area contributed by atoms with Gasteiger partial charge < -0.3 is 15.1 Å². The van der Waals surface area contributed by atoms with Gasteiger partial charge in [-0.05, 0) is 47.9 Å². The first kappa shape index (κ1) is 31.7. The predicted molar refractivity (Wildman–Crippen MR) is 181 cm³/mol. The number of thiazole rings is 1. The number of fused-ring (bicyclic) bond motifs is 1. The Bertz CT molecular complexity index is 1420. The number of nitrogens with one attached hydrogen (secondary N) is 2. The van der Waals surface area contributed by atoms with E-state index in [1.165, 1.54) is 22.5 Å². The number of urea groups is 1. The lowest BCUT2D eigenvalue weighted by molar-refractivity contribution is -0.134. The number of rotatable bonds is 11. The molecule has 0 unspecified atom stereocenters. The van der Waals surface area contributed by atoms with E-state index in [1.807, 2.05) is 46.2 Å². The molecule has 2 heterocycles. The van der Waals surface area contributed by atoms with Crippen LogP contribution in [0.2, 0.25) is 0 Å². The van der Waals surface area contributed by atoms with Crippen molar-refractivity contribution in [2.75, 3.05) is 38.0 Å². The lowest BCUT2D eigenvalue weighted by atomic mass is 9.88. The molecular weight excluding hydrogens is 566 g/mol. The molecule has 8 heteroatoms. The summed E-state index contributed by atoms with van der Waals surface area (Å²) < 4.78 is 1.05. The molecule has 1 aliphatic rings. The Labute approximate surface area is 265 Å². The van der Waals surface area contributed by atoms with Gasteiger partial charge in [-0.2, -0.15) is 0 Å². The van der Waals surface area contributed by atoms with Crippen LogP contribution in [-0.4, -0.2) is 65.5 Å². The fourth-order valence-corrected chi connectivity index (χ4v) is 6.75. The third kappa shape index (κ3) is 8.89. The number of piperidine rings is 1. The fraction of sp³-hybridized carbons (Fsp3) is 0.417. The van der Waals surface area contributed by atoms with Crippen molar-refractivity contribution < 1.29 is 9.59 Å². The van der Waals surface area contributed by atoms with Crippen LogP contribution in [0, 0.1) is 5.41 Å². The highest BCUT2D eigenvalue weighted by Gasteiger charge is 2.26. The van der Waals surface area contributed by atoms with Gasteiger partial charge in [-0.3, -0.25) is 10.1 Å². The molecule has 0 bridgehead atoms. The highest BCUT2D eigenvalue weighted by molar-refractivity contribution is 7.22. The van der Waals surface area contributed by atoms with Crippen molar-refractivity contribution in [1.82, 2.24) is 20.1 Å². The molecule has 44 heavy (non-hydrogen) atoms. The van der Waals surface area contributed by atoms with E-state index < -0.39 is 0 Å². The van der Waals surface area contributed by atoms with E-state index in [9.17, 15) is 9.59 Å². The number of hydrogen-bond acceptors (Lipinski definition) is 5. The van der Waals surface area contributed by atoms with Crippen LogP contribution in [0.4, 0.5) is 9.93 Å². The molecule has 1 aromatic heterocycles. The summed E-state index contributed by atoms with van der Waals surface area (Å²) >= 11 is 1.50. The van der Waals surface area contributed by atoms with Crippen LogP contribution in [0.25, 0.3) is 10.2 Å². The number of anilines is 1. The molecule has 3 amide bonds. The van der Waals surface area contributed by atoms with Gasteiger partial charge in [0.1, 0.15) is 0 Å². The van der Waals surface area contributed by atoms with Crippen molar-refractivity contribution in [3.8, 4) is 0 Å². The largest absolute Gasteiger partial charge is 0.343 e. The van der Waals surface area contributed by atoms with Crippen molar-refractivity contribution in [1.29, 1.82) is 0 Å². The molecule has 0 radical (unpaired) electrons. The zero-order chi connectivity index (χ0) is 30.9. The molecule has 2 N–H and O–H groups in total. The average molecular weight is 612 g/mol. The van der Waals surface area contributed by atoms with Gasteiger partial charge in [0.25, 0.3) is 0 Å². The fourth-order valence-electron chi connectivity index (χ4n) is 5.89. The number of aromatic nitrogens is 1. The van der Waals surface area contributed by atoms with Gasteiger partial charge in [0.2, 0.25) is 5.91 Å². The highest BCUT2D eigenvalue weighted by atomic mass is 32.1. The Morgan fingerprint density at radius 2 is 1.52 bits per heavy atom. The molecule has 1 fully saturated rings. The standard InChI is InChI=1S/C36H45N5O2S/c1-36(2,3)26-33(42)40-22-18-29(19-23-40)37-21-25-41(35(43)39-34-38-31-16-10-11-17-32(31)44-34)24-20-30(27-12-6-4-7-13-27)28-14-8-5-9-15-28/h4-17,29-30,37H,18-26H2,1-3H3,(H,38,39,43). The van der Waals surface area contributed by atoms with Crippen LogP contribution in [-0.2, 0) is 4.79 Å². The maximum Gasteiger partial charge on any atom is 0.323 e. The highest BCUT2D eigenvalue weighted by Crippen LogP contribution is 2.29. The van der Waals surface area contributed by atoms with Gasteiger partial charge in [-0.1, -0.05) is 105 Å². The number of amides is 3. The second-order valence-electron chi connectivity index (χ2n) is 12.9. The van der Waals surface area contributed by atoms with Crippen LogP contribution in [0.3, 0.4) is 0 Å². The third-order valence-electron chi connectivity index (χ3n) is 8.23. The number of benzene rings is 3. The second kappa shape index (κ2) is 14.8. The van der Waals surface area contributed by atoms with Crippen molar-refractivity contribution in [3.63, 3.8) is 0 Å². The quantitative estimate of drug-likeness (QED) is 0.186. The first-order valence-electron chi connectivity index (χ1n) is 15.8. The minimum absolute atomic E-state index is 0.00159. The second-order valence-corrected chi connectivity index (χ2v) is 13.9. The van der Waals surface area contributed by atoms with Crippen molar-refractivity contribution in [2.24, 2.45) is 5.41 Å². The minimum atomic E-state index is -0.131. The number of likely N-dealkylation sites (tertiary alicyclic amines) is 1. The summed E-state index contributed by atoms with van der Waals surface area (Å²) in [6, 6.07) is 29.2. The van der Waals surface area contributed by atoms with E-state index in [0.717, 1.165) is 42.6 Å². The summed E-state index contributed by atoms with van der Waals surface area (Å²) in [4.78, 5) is 34.9. The molecule has 232 valence electrons. The smallest absolute Gasteiger partial charge is 0.323 e. The Kier molecular flexibility index (Phi) is 10.7. The Morgan fingerprint density at radius 3 is 2.14 bits per heavy atom. The summed E-state index contributed by atoms with van der Waals surface area (Å²) in [6.45, 7) is 9.77. The summed E-state index contributed by atoms with van der Waals surface area (Å²) in [6.07, 6.45) is 3.24. The third-order valence-corrected chi connectivity index (χ3v) is 9.18. The molecule has 7 nitrogen and oxygen atoms in total. The topological polar surface area (TPSA) is 77.6 Å². The van der Waals surface area contributed by atoms with Crippen molar-refractivity contribution >= 4 is 38.6 Å². The number of para-hydroxylation sites is 1. The van der Waals surface area contributed by atoms with Crippen LogP contribution < -0.4 is 10.6 Å². The van der Waals surface area contributed by atoms with Gasteiger partial charge in [0.15, 0.2) is 5.13 Å². The average Bonchev–Trinajstić information content (AvgIpc) is 3.43. The van der Waals surface area contributed by atoms with Crippen molar-refractivity contribution in [3.05, 3.63) is 96.1 Å². The summed E-state index contributed by atoms with van der Waals surface area (Å²) in [5, 5.41) is 7.38. The number of carbonyl (C=O) groups excluding carboxylic acids is 2. The summed E-state index contributed by atoms with van der Waals surface area (Å²) in [5.41, 5.74) is 3.38. The molecule has 5 rings (SSSR count). The SMILES string of the molecule is CC(C)(C)CC(=O)N1CCC(NCCN(CCC(c2ccccc2)c2ccccc2)C(=O)Nc2nc3ccccc3s2)CC1. The summed E-state index contributed by atoms with van der Waals surface area (Å²) in [7, 11) is 0. The summed E-state index contributed by atoms with van der Waals surface area (Å²) in [5.74, 6) is 0.429. The Morgan fingerprint density at radius 1 is 0.909 bits per heavy atom. The first-order valence-corrected chi connectivity index (χ1v) is 16.6. The molecule has 0 atom stereocenters. The van der Waals surface area contributed by atoms with Gasteiger partial charge >= 0.3 is 6.03 Å². The van der Waals surface area contributed by atoms with Crippen LogP contribution >= 0.6 is 11.3 Å². The molecular formula is C36H45N5O2S. The van der Waals surface area contributed by atoms with Crippen molar-refractivity contribution in [2.45, 2.75) is 58.4 Å². The maximum absolute atomic E-state index is 13.7. The van der Waals surface area contributed by atoms with Gasteiger partial charge in [0, 0.05) is 51.1 Å². The van der Waals surface area contributed by atoms with Crippen LogP contribution in [0.1, 0.15) is 63.5 Å². The Balaban J connectivity index is 1.23.